The van der Waals surface area contributed by atoms with Crippen LogP contribution in [0.4, 0.5) is 10.1 Å². The number of benzene rings is 3. The molecule has 8 heteroatoms. The van der Waals surface area contributed by atoms with Gasteiger partial charge in [-0.05, 0) is 92.6 Å². The zero-order valence-corrected chi connectivity index (χ0v) is 19.6. The van der Waals surface area contributed by atoms with Crippen LogP contribution in [0.3, 0.4) is 0 Å². The average Bonchev–Trinajstić information content (AvgIpc) is 2.74. The summed E-state index contributed by atoms with van der Waals surface area (Å²) in [4.78, 5) is 12.4. The highest BCUT2D eigenvalue weighted by Gasteiger charge is 2.13. The molecule has 0 aliphatic carbocycles. The number of phenols is 1. The summed E-state index contributed by atoms with van der Waals surface area (Å²) in [6.07, 6.45) is 1.46. The predicted molar refractivity (Wildman–Crippen MR) is 128 cm³/mol. The van der Waals surface area contributed by atoms with Gasteiger partial charge in [0, 0.05) is 11.3 Å². The Balaban J connectivity index is 1.77. The first-order valence-corrected chi connectivity index (χ1v) is 10.8. The second-order valence-corrected chi connectivity index (χ2v) is 8.38. The van der Waals surface area contributed by atoms with Crippen LogP contribution in [0.5, 0.6) is 11.5 Å². The minimum atomic E-state index is -0.570. The van der Waals surface area contributed by atoms with Crippen molar-refractivity contribution in [2.24, 2.45) is 0 Å². The van der Waals surface area contributed by atoms with Crippen LogP contribution >= 0.6 is 38.5 Å². The largest absolute Gasteiger partial charge is 0.508 e. The number of hydrogen-bond donors (Lipinski definition) is 2. The van der Waals surface area contributed by atoms with Gasteiger partial charge in [0.05, 0.1) is 8.04 Å². The maximum atomic E-state index is 13.8. The maximum absolute atomic E-state index is 13.8. The van der Waals surface area contributed by atoms with Crippen molar-refractivity contribution in [1.82, 2.24) is 0 Å². The molecule has 0 fully saturated rings. The zero-order chi connectivity index (χ0) is 22.4. The predicted octanol–water partition coefficient (Wildman–Crippen LogP) is 6.02. The second kappa shape index (κ2) is 10.4. The van der Waals surface area contributed by atoms with E-state index in [4.69, 9.17) is 4.74 Å². The van der Waals surface area contributed by atoms with E-state index < -0.39 is 5.91 Å². The lowest BCUT2D eigenvalue weighted by atomic mass is 10.1. The summed E-state index contributed by atoms with van der Waals surface area (Å²) >= 11 is 5.52. The molecule has 0 unspecified atom stereocenters. The third-order valence-corrected chi connectivity index (χ3v) is 5.54. The number of amides is 1. The SMILES string of the molecule is N#C/C(=C\c1cc(Br)c(OCc2ccccc2F)c(I)c1)C(=O)Nc1ccc(O)cc1. The van der Waals surface area contributed by atoms with Gasteiger partial charge in [-0.2, -0.15) is 5.26 Å². The van der Waals surface area contributed by atoms with Crippen LogP contribution in [0.25, 0.3) is 6.08 Å². The first kappa shape index (κ1) is 22.8. The van der Waals surface area contributed by atoms with Gasteiger partial charge in [0.25, 0.3) is 5.91 Å². The van der Waals surface area contributed by atoms with Crippen LogP contribution in [0, 0.1) is 20.7 Å². The molecule has 156 valence electrons. The summed E-state index contributed by atoms with van der Waals surface area (Å²) in [7, 11) is 0. The molecule has 0 aliphatic heterocycles. The Morgan fingerprint density at radius 2 is 1.94 bits per heavy atom. The second-order valence-electron chi connectivity index (χ2n) is 6.36. The standard InChI is InChI=1S/C23H15BrFIN2O3/c24-19-10-14(9-16(12-27)23(30)28-17-5-7-18(29)8-6-17)11-21(26)22(19)31-13-15-3-1-2-4-20(15)25/h1-11,29H,13H2,(H,28,30)/b16-9+. The molecule has 5 nitrogen and oxygen atoms in total. The number of rotatable bonds is 6. The van der Waals surface area contributed by atoms with Crippen molar-refractivity contribution in [3.05, 3.63) is 91.2 Å². The molecule has 3 rings (SSSR count). The molecule has 31 heavy (non-hydrogen) atoms. The lowest BCUT2D eigenvalue weighted by molar-refractivity contribution is -0.112. The molecule has 0 spiro atoms. The monoisotopic (exact) mass is 592 g/mol. The van der Waals surface area contributed by atoms with Crippen LogP contribution in [0.15, 0.2) is 70.7 Å². The van der Waals surface area contributed by atoms with E-state index in [1.54, 1.807) is 30.3 Å². The number of carbonyl (C=O) groups is 1. The Kier molecular flexibility index (Phi) is 7.65. The van der Waals surface area contributed by atoms with E-state index in [2.05, 4.69) is 43.8 Å². The van der Waals surface area contributed by atoms with E-state index in [-0.39, 0.29) is 23.7 Å². The summed E-state index contributed by atoms with van der Waals surface area (Å²) in [6.45, 7) is 0.0644. The number of hydrogen-bond acceptors (Lipinski definition) is 4. The molecule has 0 saturated heterocycles. The molecule has 0 aliphatic rings. The summed E-state index contributed by atoms with van der Waals surface area (Å²) in [5.74, 6) is -0.301. The molecule has 3 aromatic rings. The third-order valence-electron chi connectivity index (χ3n) is 4.15. The molecule has 0 radical (unpaired) electrons. The highest BCUT2D eigenvalue weighted by Crippen LogP contribution is 2.33. The number of halogens is 3. The normalized spacial score (nSPS) is 11.0. The molecule has 0 aromatic heterocycles. The fourth-order valence-corrected chi connectivity index (χ4v) is 4.39. The number of anilines is 1. The Hall–Kier alpha value is -2.90. The molecule has 0 atom stereocenters. The van der Waals surface area contributed by atoms with E-state index >= 15 is 0 Å². The van der Waals surface area contributed by atoms with Gasteiger partial charge in [-0.25, -0.2) is 4.39 Å². The lowest BCUT2D eigenvalue weighted by Crippen LogP contribution is -2.13. The molecule has 1 amide bonds. The van der Waals surface area contributed by atoms with Gasteiger partial charge in [0.2, 0.25) is 0 Å². The first-order chi connectivity index (χ1) is 14.9. The minimum Gasteiger partial charge on any atom is -0.508 e. The van der Waals surface area contributed by atoms with Crippen molar-refractivity contribution >= 4 is 56.2 Å². The van der Waals surface area contributed by atoms with Gasteiger partial charge in [0.1, 0.15) is 35.6 Å². The van der Waals surface area contributed by atoms with E-state index in [0.717, 1.165) is 3.57 Å². The van der Waals surface area contributed by atoms with Crippen molar-refractivity contribution in [2.45, 2.75) is 6.61 Å². The van der Waals surface area contributed by atoms with Crippen LogP contribution in [-0.4, -0.2) is 11.0 Å². The number of ether oxygens (including phenoxy) is 1. The number of aromatic hydroxyl groups is 1. The van der Waals surface area contributed by atoms with Crippen molar-refractivity contribution in [2.75, 3.05) is 5.32 Å². The van der Waals surface area contributed by atoms with Crippen molar-refractivity contribution in [3.8, 4) is 17.6 Å². The van der Waals surface area contributed by atoms with Crippen LogP contribution in [0.1, 0.15) is 11.1 Å². The highest BCUT2D eigenvalue weighted by molar-refractivity contribution is 14.1. The topological polar surface area (TPSA) is 82.3 Å². The van der Waals surface area contributed by atoms with Gasteiger partial charge in [0.15, 0.2) is 0 Å². The van der Waals surface area contributed by atoms with Gasteiger partial charge in [-0.15, -0.1) is 0 Å². The highest BCUT2D eigenvalue weighted by atomic mass is 127. The van der Waals surface area contributed by atoms with Crippen molar-refractivity contribution in [3.63, 3.8) is 0 Å². The van der Waals surface area contributed by atoms with Gasteiger partial charge < -0.3 is 15.2 Å². The van der Waals surface area contributed by atoms with E-state index in [9.17, 15) is 19.6 Å². The molecule has 0 heterocycles. The van der Waals surface area contributed by atoms with E-state index in [0.29, 0.717) is 27.0 Å². The number of phenolic OH excluding ortho intramolecular Hbond substituents is 1. The number of nitriles is 1. The smallest absolute Gasteiger partial charge is 0.266 e. The number of nitrogens with zero attached hydrogens (tertiary/aromatic N) is 1. The van der Waals surface area contributed by atoms with Gasteiger partial charge in [-0.1, -0.05) is 18.2 Å². The number of nitrogens with one attached hydrogen (secondary N) is 1. The molecule has 0 saturated carbocycles. The molecular weight excluding hydrogens is 578 g/mol. The summed E-state index contributed by atoms with van der Waals surface area (Å²) in [5.41, 5.74) is 1.42. The minimum absolute atomic E-state index is 0.0644. The third kappa shape index (κ3) is 6.06. The van der Waals surface area contributed by atoms with Crippen LogP contribution < -0.4 is 10.1 Å². The van der Waals surface area contributed by atoms with Crippen LogP contribution in [0.2, 0.25) is 0 Å². The maximum Gasteiger partial charge on any atom is 0.266 e. The summed E-state index contributed by atoms with van der Waals surface area (Å²) in [5, 5.41) is 21.3. The van der Waals surface area contributed by atoms with E-state index in [1.807, 2.05) is 6.07 Å². The Labute approximate surface area is 200 Å². The molecule has 3 aromatic carbocycles. The fourth-order valence-electron chi connectivity index (χ4n) is 2.62. The summed E-state index contributed by atoms with van der Waals surface area (Å²) < 4.78 is 20.9. The molecule has 2 N–H and O–H groups in total. The fraction of sp³-hybridized carbons (Fsp3) is 0.0435. The quantitative estimate of drug-likeness (QED) is 0.159. The number of carbonyl (C=O) groups excluding carboxylic acids is 1. The Morgan fingerprint density at radius 3 is 2.58 bits per heavy atom. The van der Waals surface area contributed by atoms with Crippen LogP contribution in [-0.2, 0) is 11.4 Å². The zero-order valence-electron chi connectivity index (χ0n) is 15.9. The molecule has 0 bridgehead atoms. The van der Waals surface area contributed by atoms with Gasteiger partial charge >= 0.3 is 0 Å². The lowest BCUT2D eigenvalue weighted by Gasteiger charge is -2.12. The van der Waals surface area contributed by atoms with Crippen molar-refractivity contribution in [1.29, 1.82) is 5.26 Å². The first-order valence-electron chi connectivity index (χ1n) is 8.95. The average molecular weight is 593 g/mol. The Bertz CT molecular complexity index is 1170. The van der Waals surface area contributed by atoms with E-state index in [1.165, 1.54) is 36.4 Å². The summed E-state index contributed by atoms with van der Waals surface area (Å²) in [6, 6.07) is 17.7. The Morgan fingerprint density at radius 1 is 1.23 bits per heavy atom. The van der Waals surface area contributed by atoms with Gasteiger partial charge in [-0.3, -0.25) is 4.79 Å². The molecular formula is C23H15BrFIN2O3. The van der Waals surface area contributed by atoms with Crippen molar-refractivity contribution < 1.29 is 19.0 Å².